The maximum absolute atomic E-state index is 6.01. The van der Waals surface area contributed by atoms with Crippen LogP contribution in [-0.4, -0.2) is 16.8 Å². The summed E-state index contributed by atoms with van der Waals surface area (Å²) in [5, 5.41) is 6.62. The standard InChI is InChI=1S/C9H13N3O/c10-9(8-4-11-12-5-8)7-2-1-3-13-6-7/h4-6,9H,1-3,10H2,(H,11,12). The molecule has 0 saturated carbocycles. The van der Waals surface area contributed by atoms with Crippen LogP contribution in [0.1, 0.15) is 24.4 Å². The number of nitrogens with zero attached hydrogens (tertiary/aromatic N) is 1. The van der Waals surface area contributed by atoms with Gasteiger partial charge in [-0.1, -0.05) is 0 Å². The highest BCUT2D eigenvalue weighted by atomic mass is 16.5. The topological polar surface area (TPSA) is 63.9 Å². The Balaban J connectivity index is 2.12. The predicted molar refractivity (Wildman–Crippen MR) is 48.8 cm³/mol. The lowest BCUT2D eigenvalue weighted by molar-refractivity contribution is 0.221. The Labute approximate surface area is 76.8 Å². The molecule has 13 heavy (non-hydrogen) atoms. The summed E-state index contributed by atoms with van der Waals surface area (Å²) in [6.45, 7) is 0.807. The molecule has 1 atom stereocenters. The van der Waals surface area contributed by atoms with Crippen LogP contribution in [0.15, 0.2) is 24.2 Å². The fourth-order valence-electron chi connectivity index (χ4n) is 1.46. The summed E-state index contributed by atoms with van der Waals surface area (Å²) in [7, 11) is 0. The molecule has 0 spiro atoms. The first-order valence-electron chi connectivity index (χ1n) is 4.43. The SMILES string of the molecule is NC(C1=COCCC1)c1cn[nH]c1. The highest BCUT2D eigenvalue weighted by molar-refractivity contribution is 5.22. The second-order valence-electron chi connectivity index (χ2n) is 3.18. The molecule has 1 aliphatic rings. The van der Waals surface area contributed by atoms with Gasteiger partial charge in [-0.2, -0.15) is 5.10 Å². The highest BCUT2D eigenvalue weighted by Gasteiger charge is 2.15. The van der Waals surface area contributed by atoms with E-state index >= 15 is 0 Å². The van der Waals surface area contributed by atoms with E-state index in [-0.39, 0.29) is 6.04 Å². The van der Waals surface area contributed by atoms with Gasteiger partial charge < -0.3 is 10.5 Å². The van der Waals surface area contributed by atoms with Gasteiger partial charge in [0.15, 0.2) is 0 Å². The zero-order valence-corrected chi connectivity index (χ0v) is 7.36. The minimum atomic E-state index is -0.0703. The minimum Gasteiger partial charge on any atom is -0.501 e. The fourth-order valence-corrected chi connectivity index (χ4v) is 1.46. The quantitative estimate of drug-likeness (QED) is 0.714. The van der Waals surface area contributed by atoms with E-state index in [1.165, 1.54) is 0 Å². The van der Waals surface area contributed by atoms with Gasteiger partial charge in [-0.25, -0.2) is 0 Å². The van der Waals surface area contributed by atoms with Gasteiger partial charge in [0.2, 0.25) is 0 Å². The van der Waals surface area contributed by atoms with Crippen molar-refractivity contribution in [2.24, 2.45) is 5.73 Å². The molecule has 1 aliphatic heterocycles. The molecule has 0 radical (unpaired) electrons. The smallest absolute Gasteiger partial charge is 0.0876 e. The number of H-pyrrole nitrogens is 1. The van der Waals surface area contributed by atoms with Crippen LogP contribution in [0.5, 0.6) is 0 Å². The van der Waals surface area contributed by atoms with E-state index in [0.29, 0.717) is 0 Å². The molecule has 4 heteroatoms. The lowest BCUT2D eigenvalue weighted by Crippen LogP contribution is -2.15. The van der Waals surface area contributed by atoms with E-state index in [1.807, 2.05) is 6.20 Å². The first-order chi connectivity index (χ1) is 6.38. The molecule has 0 amide bonds. The molecular formula is C9H13N3O. The largest absolute Gasteiger partial charge is 0.501 e. The van der Waals surface area contributed by atoms with Crippen molar-refractivity contribution < 1.29 is 4.74 Å². The molecule has 0 fully saturated rings. The first-order valence-corrected chi connectivity index (χ1v) is 4.43. The van der Waals surface area contributed by atoms with E-state index in [4.69, 9.17) is 10.5 Å². The van der Waals surface area contributed by atoms with E-state index in [2.05, 4.69) is 10.2 Å². The van der Waals surface area contributed by atoms with Crippen LogP contribution in [0, 0.1) is 0 Å². The van der Waals surface area contributed by atoms with Gasteiger partial charge in [-0.05, 0) is 18.4 Å². The summed E-state index contributed by atoms with van der Waals surface area (Å²) in [6, 6.07) is -0.0703. The second kappa shape index (κ2) is 3.62. The van der Waals surface area contributed by atoms with Crippen molar-refractivity contribution >= 4 is 0 Å². The van der Waals surface area contributed by atoms with Gasteiger partial charge in [0.1, 0.15) is 0 Å². The molecule has 0 aromatic carbocycles. The van der Waals surface area contributed by atoms with Crippen molar-refractivity contribution in [2.75, 3.05) is 6.61 Å². The van der Waals surface area contributed by atoms with Crippen LogP contribution in [0.4, 0.5) is 0 Å². The second-order valence-corrected chi connectivity index (χ2v) is 3.18. The van der Waals surface area contributed by atoms with E-state index in [0.717, 1.165) is 30.6 Å². The number of aromatic amines is 1. The van der Waals surface area contributed by atoms with E-state index in [9.17, 15) is 0 Å². The van der Waals surface area contributed by atoms with E-state index < -0.39 is 0 Å². The number of hydrogen-bond donors (Lipinski definition) is 2. The average Bonchev–Trinajstić information content (AvgIpc) is 2.71. The normalized spacial score (nSPS) is 19.0. The number of hydrogen-bond acceptors (Lipinski definition) is 3. The van der Waals surface area contributed by atoms with Gasteiger partial charge in [0, 0.05) is 11.8 Å². The fraction of sp³-hybridized carbons (Fsp3) is 0.444. The van der Waals surface area contributed by atoms with Crippen molar-refractivity contribution in [3.63, 3.8) is 0 Å². The monoisotopic (exact) mass is 179 g/mol. The molecule has 1 aromatic heterocycles. The molecule has 2 rings (SSSR count). The minimum absolute atomic E-state index is 0.0703. The molecule has 1 unspecified atom stereocenters. The Hall–Kier alpha value is -1.29. The number of aromatic nitrogens is 2. The molecule has 0 saturated heterocycles. The van der Waals surface area contributed by atoms with Crippen LogP contribution in [0.2, 0.25) is 0 Å². The maximum Gasteiger partial charge on any atom is 0.0876 e. The van der Waals surface area contributed by atoms with Gasteiger partial charge >= 0.3 is 0 Å². The summed E-state index contributed by atoms with van der Waals surface area (Å²) in [4.78, 5) is 0. The maximum atomic E-state index is 6.01. The van der Waals surface area contributed by atoms with Crippen LogP contribution < -0.4 is 5.73 Å². The summed E-state index contributed by atoms with van der Waals surface area (Å²) in [5.41, 5.74) is 8.16. The third kappa shape index (κ3) is 1.72. The number of rotatable bonds is 2. The van der Waals surface area contributed by atoms with Gasteiger partial charge in [0.05, 0.1) is 25.1 Å². The van der Waals surface area contributed by atoms with Crippen molar-refractivity contribution in [1.82, 2.24) is 10.2 Å². The zero-order valence-electron chi connectivity index (χ0n) is 7.36. The summed E-state index contributed by atoms with van der Waals surface area (Å²) in [5.74, 6) is 0. The third-order valence-corrected chi connectivity index (χ3v) is 2.24. The van der Waals surface area contributed by atoms with Gasteiger partial charge in [0.25, 0.3) is 0 Å². The van der Waals surface area contributed by atoms with E-state index in [1.54, 1.807) is 12.5 Å². The van der Waals surface area contributed by atoms with Crippen LogP contribution in [-0.2, 0) is 4.74 Å². The molecule has 70 valence electrons. The first kappa shape index (κ1) is 8.31. The molecule has 0 bridgehead atoms. The predicted octanol–water partition coefficient (Wildman–Crippen LogP) is 1.10. The number of nitrogens with two attached hydrogens (primary N) is 1. The van der Waals surface area contributed by atoms with Gasteiger partial charge in [-0.15, -0.1) is 0 Å². The molecule has 3 N–H and O–H groups in total. The molecular weight excluding hydrogens is 166 g/mol. The highest BCUT2D eigenvalue weighted by Crippen LogP contribution is 2.24. The summed E-state index contributed by atoms with van der Waals surface area (Å²) >= 11 is 0. The van der Waals surface area contributed by atoms with Gasteiger partial charge in [-0.3, -0.25) is 5.10 Å². The van der Waals surface area contributed by atoms with Crippen LogP contribution in [0.25, 0.3) is 0 Å². The Bertz CT molecular complexity index is 292. The van der Waals surface area contributed by atoms with Crippen molar-refractivity contribution in [3.8, 4) is 0 Å². The zero-order chi connectivity index (χ0) is 9.10. The Morgan fingerprint density at radius 3 is 3.15 bits per heavy atom. The lowest BCUT2D eigenvalue weighted by Gasteiger charge is -2.18. The number of nitrogens with one attached hydrogen (secondary N) is 1. The van der Waals surface area contributed by atoms with Crippen molar-refractivity contribution in [1.29, 1.82) is 0 Å². The van der Waals surface area contributed by atoms with Crippen molar-refractivity contribution in [2.45, 2.75) is 18.9 Å². The van der Waals surface area contributed by atoms with Crippen LogP contribution >= 0.6 is 0 Å². The Kier molecular flexibility index (Phi) is 2.31. The third-order valence-electron chi connectivity index (χ3n) is 2.24. The summed E-state index contributed by atoms with van der Waals surface area (Å²) in [6.07, 6.45) is 7.42. The summed E-state index contributed by atoms with van der Waals surface area (Å²) < 4.78 is 5.23. The van der Waals surface area contributed by atoms with Crippen LogP contribution in [0.3, 0.4) is 0 Å². The average molecular weight is 179 g/mol. The van der Waals surface area contributed by atoms with Crippen molar-refractivity contribution in [3.05, 3.63) is 29.8 Å². The lowest BCUT2D eigenvalue weighted by atomic mass is 9.99. The number of ether oxygens (including phenoxy) is 1. The molecule has 2 heterocycles. The molecule has 0 aliphatic carbocycles. The Morgan fingerprint density at radius 2 is 2.54 bits per heavy atom. The Morgan fingerprint density at radius 1 is 1.62 bits per heavy atom. The molecule has 1 aromatic rings. The molecule has 4 nitrogen and oxygen atoms in total.